The van der Waals surface area contributed by atoms with Crippen molar-refractivity contribution in [1.82, 2.24) is 5.32 Å². The number of carboxylic acids is 1. The Hall–Kier alpha value is -1.88. The van der Waals surface area contributed by atoms with Gasteiger partial charge in [-0.15, -0.1) is 0 Å². The molecule has 1 aromatic carbocycles. The van der Waals surface area contributed by atoms with Crippen molar-refractivity contribution in [2.75, 3.05) is 6.54 Å². The van der Waals surface area contributed by atoms with E-state index in [4.69, 9.17) is 10.2 Å². The molecule has 1 atom stereocenters. The van der Waals surface area contributed by atoms with E-state index in [1.165, 1.54) is 11.1 Å². The maximum Gasteiger partial charge on any atom is 0.332 e. The lowest BCUT2D eigenvalue weighted by Crippen LogP contribution is -2.34. The molecule has 1 amide bonds. The summed E-state index contributed by atoms with van der Waals surface area (Å²) in [6, 6.07) is 7.97. The van der Waals surface area contributed by atoms with Crippen LogP contribution in [-0.4, -0.2) is 34.7 Å². The molecule has 2 rings (SSSR count). The lowest BCUT2D eigenvalue weighted by molar-refractivity contribution is -0.147. The number of benzene rings is 1. The van der Waals surface area contributed by atoms with E-state index >= 15 is 0 Å². The molecular formula is C14H17NO4. The van der Waals surface area contributed by atoms with Crippen LogP contribution in [-0.2, 0) is 22.4 Å². The van der Waals surface area contributed by atoms with Gasteiger partial charge >= 0.3 is 5.97 Å². The average Bonchev–Trinajstić information content (AvgIpc) is 2.82. The van der Waals surface area contributed by atoms with E-state index in [0.717, 1.165) is 12.8 Å². The molecule has 0 aromatic heterocycles. The van der Waals surface area contributed by atoms with Crippen molar-refractivity contribution in [3.63, 3.8) is 0 Å². The van der Waals surface area contributed by atoms with E-state index in [1.54, 1.807) is 0 Å². The summed E-state index contributed by atoms with van der Waals surface area (Å²) in [6.45, 7) is 0.180. The molecule has 102 valence electrons. The van der Waals surface area contributed by atoms with Gasteiger partial charge in [0.2, 0.25) is 5.91 Å². The van der Waals surface area contributed by atoms with Gasteiger partial charge in [0.1, 0.15) is 0 Å². The zero-order valence-corrected chi connectivity index (χ0v) is 10.5. The highest BCUT2D eigenvalue weighted by Gasteiger charge is 2.26. The summed E-state index contributed by atoms with van der Waals surface area (Å²) in [4.78, 5) is 22.3. The van der Waals surface area contributed by atoms with Gasteiger partial charge in [-0.2, -0.15) is 0 Å². The molecule has 0 radical (unpaired) electrons. The molecule has 0 saturated heterocycles. The number of aliphatic hydroxyl groups excluding tert-OH is 1. The van der Waals surface area contributed by atoms with Crippen molar-refractivity contribution >= 4 is 11.9 Å². The summed E-state index contributed by atoms with van der Waals surface area (Å²) in [6.07, 6.45) is 0.0642. The average molecular weight is 263 g/mol. The molecule has 1 unspecified atom stereocenters. The van der Waals surface area contributed by atoms with Crippen LogP contribution in [0, 0.1) is 5.92 Å². The van der Waals surface area contributed by atoms with Crippen LogP contribution in [0.5, 0.6) is 0 Å². The third-order valence-corrected chi connectivity index (χ3v) is 3.42. The predicted molar refractivity (Wildman–Crippen MR) is 68.6 cm³/mol. The van der Waals surface area contributed by atoms with Gasteiger partial charge in [0, 0.05) is 18.9 Å². The summed E-state index contributed by atoms with van der Waals surface area (Å²) in [5, 5.41) is 20.3. The van der Waals surface area contributed by atoms with Crippen LogP contribution in [0.25, 0.3) is 0 Å². The van der Waals surface area contributed by atoms with Crippen molar-refractivity contribution in [2.24, 2.45) is 5.92 Å². The normalized spacial score (nSPS) is 15.8. The minimum absolute atomic E-state index is 0.0285. The van der Waals surface area contributed by atoms with Crippen LogP contribution in [0.2, 0.25) is 0 Å². The van der Waals surface area contributed by atoms with Crippen molar-refractivity contribution < 1.29 is 19.8 Å². The standard InChI is InChI=1S/C14H17NO4/c16-12(14(18)19)5-6-15-13(17)11-7-9-3-1-2-4-10(9)8-11/h1-4,11-12,16H,5-8H2,(H,15,17)(H,18,19). The molecule has 19 heavy (non-hydrogen) atoms. The van der Waals surface area contributed by atoms with Crippen LogP contribution >= 0.6 is 0 Å². The fourth-order valence-electron chi connectivity index (χ4n) is 2.34. The molecule has 1 aromatic rings. The quantitative estimate of drug-likeness (QED) is 0.715. The van der Waals surface area contributed by atoms with E-state index in [0.29, 0.717) is 0 Å². The molecule has 0 fully saturated rings. The first kappa shape index (κ1) is 13.5. The Morgan fingerprint density at radius 3 is 2.37 bits per heavy atom. The van der Waals surface area contributed by atoms with Gasteiger partial charge in [-0.05, 0) is 24.0 Å². The van der Waals surface area contributed by atoms with Crippen molar-refractivity contribution in [3.05, 3.63) is 35.4 Å². The van der Waals surface area contributed by atoms with E-state index < -0.39 is 12.1 Å². The van der Waals surface area contributed by atoms with Crippen molar-refractivity contribution in [1.29, 1.82) is 0 Å². The van der Waals surface area contributed by atoms with Crippen LogP contribution in [0.3, 0.4) is 0 Å². The first-order chi connectivity index (χ1) is 9.08. The zero-order valence-electron chi connectivity index (χ0n) is 10.5. The number of aliphatic hydroxyl groups is 1. The number of carboxylic acid groups (broad SMARTS) is 1. The summed E-state index contributed by atoms with van der Waals surface area (Å²) >= 11 is 0. The lowest BCUT2D eigenvalue weighted by Gasteiger charge is -2.11. The summed E-state index contributed by atoms with van der Waals surface area (Å²) < 4.78 is 0. The van der Waals surface area contributed by atoms with Crippen LogP contribution in [0.15, 0.2) is 24.3 Å². The Balaban J connectivity index is 1.79. The van der Waals surface area contributed by atoms with Crippen LogP contribution in [0.1, 0.15) is 17.5 Å². The van der Waals surface area contributed by atoms with Crippen molar-refractivity contribution in [2.45, 2.75) is 25.4 Å². The molecule has 0 saturated carbocycles. The number of nitrogens with one attached hydrogen (secondary N) is 1. The van der Waals surface area contributed by atoms with Crippen LogP contribution in [0.4, 0.5) is 0 Å². The number of hydrogen-bond donors (Lipinski definition) is 3. The predicted octanol–water partition coefficient (Wildman–Crippen LogP) is 0.353. The molecular weight excluding hydrogens is 246 g/mol. The SMILES string of the molecule is O=C(O)C(O)CCNC(=O)C1Cc2ccccc2C1. The third-order valence-electron chi connectivity index (χ3n) is 3.42. The van der Waals surface area contributed by atoms with E-state index in [2.05, 4.69) is 5.32 Å². The zero-order chi connectivity index (χ0) is 13.8. The Morgan fingerprint density at radius 2 is 1.84 bits per heavy atom. The molecule has 1 aliphatic rings. The Bertz CT molecular complexity index is 461. The molecule has 0 aliphatic heterocycles. The lowest BCUT2D eigenvalue weighted by atomic mass is 10.1. The molecule has 0 heterocycles. The topological polar surface area (TPSA) is 86.6 Å². The maximum absolute atomic E-state index is 11.9. The number of carbonyl (C=O) groups excluding carboxylic acids is 1. The second-order valence-corrected chi connectivity index (χ2v) is 4.81. The minimum atomic E-state index is -1.42. The highest BCUT2D eigenvalue weighted by Crippen LogP contribution is 2.26. The van der Waals surface area contributed by atoms with Gasteiger partial charge in [0.05, 0.1) is 0 Å². The smallest absolute Gasteiger partial charge is 0.332 e. The number of aliphatic carboxylic acids is 1. The Labute approximate surface area is 111 Å². The molecule has 3 N–H and O–H groups in total. The Kier molecular flexibility index (Phi) is 4.16. The fraction of sp³-hybridized carbons (Fsp3) is 0.429. The number of fused-ring (bicyclic) bond motifs is 1. The largest absolute Gasteiger partial charge is 0.479 e. The third kappa shape index (κ3) is 3.32. The van der Waals surface area contributed by atoms with Gasteiger partial charge in [-0.25, -0.2) is 4.79 Å². The monoisotopic (exact) mass is 263 g/mol. The number of amides is 1. The summed E-state index contributed by atoms with van der Waals surface area (Å²) in [5.74, 6) is -1.42. The van der Waals surface area contributed by atoms with E-state index in [-0.39, 0.29) is 24.8 Å². The Morgan fingerprint density at radius 1 is 1.26 bits per heavy atom. The molecule has 1 aliphatic carbocycles. The van der Waals surface area contributed by atoms with Crippen molar-refractivity contribution in [3.8, 4) is 0 Å². The number of carbonyl (C=O) groups is 2. The van der Waals surface area contributed by atoms with Gasteiger partial charge < -0.3 is 15.5 Å². The fourth-order valence-corrected chi connectivity index (χ4v) is 2.34. The van der Waals surface area contributed by atoms with E-state index in [1.807, 2.05) is 24.3 Å². The van der Waals surface area contributed by atoms with Gasteiger partial charge in [-0.3, -0.25) is 4.79 Å². The first-order valence-corrected chi connectivity index (χ1v) is 6.33. The maximum atomic E-state index is 11.9. The highest BCUT2D eigenvalue weighted by atomic mass is 16.4. The number of hydrogen-bond acceptors (Lipinski definition) is 3. The second kappa shape index (κ2) is 5.84. The molecule has 5 nitrogen and oxygen atoms in total. The first-order valence-electron chi connectivity index (χ1n) is 6.33. The van der Waals surface area contributed by atoms with Crippen LogP contribution < -0.4 is 5.32 Å². The molecule has 0 bridgehead atoms. The second-order valence-electron chi connectivity index (χ2n) is 4.81. The molecule has 0 spiro atoms. The van der Waals surface area contributed by atoms with E-state index in [9.17, 15) is 9.59 Å². The number of rotatable bonds is 5. The van der Waals surface area contributed by atoms with Gasteiger partial charge in [0.25, 0.3) is 0 Å². The summed E-state index contributed by atoms with van der Waals surface area (Å²) in [7, 11) is 0. The van der Waals surface area contributed by atoms with Gasteiger partial charge in [-0.1, -0.05) is 24.3 Å². The highest BCUT2D eigenvalue weighted by molar-refractivity contribution is 5.80. The minimum Gasteiger partial charge on any atom is -0.479 e. The molecule has 5 heteroatoms. The summed E-state index contributed by atoms with van der Waals surface area (Å²) in [5.41, 5.74) is 2.40. The van der Waals surface area contributed by atoms with Gasteiger partial charge in [0.15, 0.2) is 6.10 Å².